The molecule has 1 amide bonds. The Bertz CT molecular complexity index is 1350. The third-order valence-corrected chi connectivity index (χ3v) is 6.69. The summed E-state index contributed by atoms with van der Waals surface area (Å²) in [5, 5.41) is 13.7. The van der Waals surface area contributed by atoms with Gasteiger partial charge in [0.15, 0.2) is 11.6 Å². The predicted molar refractivity (Wildman–Crippen MR) is 146 cm³/mol. The Morgan fingerprint density at radius 2 is 1.79 bits per heavy atom. The molecule has 1 aliphatic heterocycles. The van der Waals surface area contributed by atoms with Crippen LogP contribution in [-0.2, 0) is 6.54 Å². The van der Waals surface area contributed by atoms with Gasteiger partial charge in [0.25, 0.3) is 11.5 Å². The highest BCUT2D eigenvalue weighted by molar-refractivity contribution is 6.05. The van der Waals surface area contributed by atoms with Gasteiger partial charge in [0.05, 0.1) is 11.4 Å². The summed E-state index contributed by atoms with van der Waals surface area (Å²) < 4.78 is 29.3. The molecule has 0 unspecified atom stereocenters. The van der Waals surface area contributed by atoms with E-state index in [4.69, 9.17) is 0 Å². The number of carbonyl (C=O) groups is 1. The Kier molecular flexibility index (Phi) is 8.41. The molecule has 38 heavy (non-hydrogen) atoms. The van der Waals surface area contributed by atoms with E-state index >= 15 is 0 Å². The monoisotopic (exact) mass is 524 g/mol. The fraction of sp³-hybridized carbons (Fsp3) is 0.393. The van der Waals surface area contributed by atoms with Gasteiger partial charge in [0.1, 0.15) is 11.4 Å². The highest BCUT2D eigenvalue weighted by Crippen LogP contribution is 2.39. The first-order chi connectivity index (χ1) is 18.2. The number of nitrogens with one attached hydrogen (secondary N) is 3. The van der Waals surface area contributed by atoms with Gasteiger partial charge in [-0.15, -0.1) is 0 Å². The molecule has 10 heteroatoms. The largest absolute Gasteiger partial charge is 0.383 e. The lowest BCUT2D eigenvalue weighted by Crippen LogP contribution is -2.28. The second-order valence-electron chi connectivity index (χ2n) is 9.82. The topological polar surface area (TPSA) is 91.3 Å². The van der Waals surface area contributed by atoms with Gasteiger partial charge in [0, 0.05) is 43.0 Å². The normalized spacial score (nSPS) is 15.2. The number of para-hydroxylation sites is 1. The molecule has 0 bridgehead atoms. The molecule has 1 fully saturated rings. The predicted octanol–water partition coefficient (Wildman–Crippen LogP) is 4.54. The summed E-state index contributed by atoms with van der Waals surface area (Å²) in [6, 6.07) is 9.57. The first-order valence-corrected chi connectivity index (χ1v) is 12.9. The lowest BCUT2D eigenvalue weighted by atomic mass is 10.0. The fourth-order valence-electron chi connectivity index (χ4n) is 4.84. The Balaban J connectivity index is 1.75. The van der Waals surface area contributed by atoms with Crippen LogP contribution in [0.2, 0.25) is 0 Å². The van der Waals surface area contributed by atoms with Crippen LogP contribution < -0.4 is 26.4 Å². The van der Waals surface area contributed by atoms with Gasteiger partial charge in [-0.3, -0.25) is 9.59 Å². The molecule has 1 aromatic heterocycles. The molecule has 1 aliphatic rings. The van der Waals surface area contributed by atoms with Crippen LogP contribution in [0.25, 0.3) is 5.69 Å². The Morgan fingerprint density at radius 1 is 1.08 bits per heavy atom. The highest BCUT2D eigenvalue weighted by atomic mass is 19.1. The number of anilines is 3. The summed E-state index contributed by atoms with van der Waals surface area (Å²) in [7, 11) is 1.88. The number of amides is 1. The van der Waals surface area contributed by atoms with Crippen LogP contribution in [0.1, 0.15) is 49.7 Å². The third kappa shape index (κ3) is 5.70. The van der Waals surface area contributed by atoms with E-state index in [9.17, 15) is 18.4 Å². The van der Waals surface area contributed by atoms with Crippen LogP contribution in [-0.4, -0.2) is 41.9 Å². The van der Waals surface area contributed by atoms with Crippen LogP contribution in [0.5, 0.6) is 0 Å². The van der Waals surface area contributed by atoms with E-state index in [1.807, 2.05) is 19.2 Å². The zero-order chi connectivity index (χ0) is 27.4. The summed E-state index contributed by atoms with van der Waals surface area (Å²) in [5.74, 6) is -1.95. The lowest BCUT2D eigenvalue weighted by Gasteiger charge is -2.28. The standard InChI is InChI=1S/C28H34F2N6O2/c1-5-18-13-14-35(16-18)26-19(15-31-4)22(32-17(2)3)9-10-23(26)33-28(38)24-11-12-25(37)36(34-24)27-20(29)7-6-8-21(27)30/h6-12,17-18,31-32H,5,13-16H2,1-4H3,(H,33,38)/t18-/m0/s1. The first-order valence-electron chi connectivity index (χ1n) is 12.9. The minimum absolute atomic E-state index is 0.148. The van der Waals surface area contributed by atoms with Crippen molar-refractivity contribution in [2.75, 3.05) is 35.7 Å². The lowest BCUT2D eigenvalue weighted by molar-refractivity contribution is 0.102. The van der Waals surface area contributed by atoms with Crippen LogP contribution in [0.3, 0.4) is 0 Å². The molecule has 2 heterocycles. The van der Waals surface area contributed by atoms with Crippen molar-refractivity contribution in [2.45, 2.75) is 46.2 Å². The SMILES string of the molecule is CC[C@H]1CCN(c2c(NC(=O)c3ccc(=O)n(-c4c(F)cccc4F)n3)ccc(NC(C)C)c2CNC)C1. The molecule has 8 nitrogen and oxygen atoms in total. The molecular weight excluding hydrogens is 490 g/mol. The molecule has 0 aliphatic carbocycles. The number of hydrogen-bond donors (Lipinski definition) is 3. The Labute approximate surface area is 221 Å². The van der Waals surface area contributed by atoms with Crippen molar-refractivity contribution in [1.29, 1.82) is 0 Å². The van der Waals surface area contributed by atoms with Crippen molar-refractivity contribution in [3.63, 3.8) is 0 Å². The molecule has 1 saturated heterocycles. The van der Waals surface area contributed by atoms with E-state index in [1.165, 1.54) is 12.1 Å². The van der Waals surface area contributed by atoms with Gasteiger partial charge in [-0.2, -0.15) is 9.78 Å². The van der Waals surface area contributed by atoms with E-state index < -0.39 is 28.8 Å². The molecule has 0 radical (unpaired) electrons. The zero-order valence-electron chi connectivity index (χ0n) is 22.1. The van der Waals surface area contributed by atoms with Crippen molar-refractivity contribution in [3.05, 3.63) is 75.7 Å². The average molecular weight is 525 g/mol. The summed E-state index contributed by atoms with van der Waals surface area (Å²) in [5.41, 5.74) is 1.99. The van der Waals surface area contributed by atoms with Gasteiger partial charge < -0.3 is 20.9 Å². The summed E-state index contributed by atoms with van der Waals surface area (Å²) >= 11 is 0. The second kappa shape index (κ2) is 11.7. The number of rotatable bonds is 9. The van der Waals surface area contributed by atoms with Crippen molar-refractivity contribution in [1.82, 2.24) is 15.1 Å². The molecule has 202 valence electrons. The van der Waals surface area contributed by atoms with Crippen LogP contribution in [0.15, 0.2) is 47.3 Å². The van der Waals surface area contributed by atoms with Gasteiger partial charge in [-0.25, -0.2) is 8.78 Å². The maximum Gasteiger partial charge on any atom is 0.276 e. The van der Waals surface area contributed by atoms with E-state index in [0.29, 0.717) is 22.8 Å². The zero-order valence-corrected chi connectivity index (χ0v) is 22.1. The molecular formula is C28H34F2N6O2. The molecule has 3 aromatic rings. The first kappa shape index (κ1) is 27.3. The van der Waals surface area contributed by atoms with Crippen LogP contribution in [0.4, 0.5) is 25.8 Å². The molecule has 0 saturated carbocycles. The van der Waals surface area contributed by atoms with Gasteiger partial charge >= 0.3 is 0 Å². The number of benzene rings is 2. The third-order valence-electron chi connectivity index (χ3n) is 6.69. The van der Waals surface area contributed by atoms with Crippen molar-refractivity contribution in [3.8, 4) is 5.69 Å². The maximum absolute atomic E-state index is 14.4. The minimum Gasteiger partial charge on any atom is -0.383 e. The fourth-order valence-corrected chi connectivity index (χ4v) is 4.84. The number of nitrogens with zero attached hydrogens (tertiary/aromatic N) is 3. The van der Waals surface area contributed by atoms with E-state index in [2.05, 4.69) is 46.7 Å². The summed E-state index contributed by atoms with van der Waals surface area (Å²) in [6.07, 6.45) is 2.13. The molecule has 2 aromatic carbocycles. The van der Waals surface area contributed by atoms with Crippen molar-refractivity contribution in [2.24, 2.45) is 5.92 Å². The second-order valence-corrected chi connectivity index (χ2v) is 9.82. The molecule has 4 rings (SSSR count). The van der Waals surface area contributed by atoms with Gasteiger partial charge in [-0.1, -0.05) is 19.4 Å². The van der Waals surface area contributed by atoms with Crippen LogP contribution in [0, 0.1) is 17.6 Å². The minimum atomic E-state index is -0.955. The molecule has 1 atom stereocenters. The van der Waals surface area contributed by atoms with E-state index in [-0.39, 0.29) is 11.7 Å². The van der Waals surface area contributed by atoms with E-state index in [1.54, 1.807) is 0 Å². The van der Waals surface area contributed by atoms with Gasteiger partial charge in [0.2, 0.25) is 0 Å². The smallest absolute Gasteiger partial charge is 0.276 e. The summed E-state index contributed by atoms with van der Waals surface area (Å²) in [6.45, 7) is 8.63. The summed E-state index contributed by atoms with van der Waals surface area (Å²) in [4.78, 5) is 28.1. The van der Waals surface area contributed by atoms with Crippen molar-refractivity contribution >= 4 is 23.0 Å². The highest BCUT2D eigenvalue weighted by Gasteiger charge is 2.27. The Hall–Kier alpha value is -3.79. The number of hydrogen-bond acceptors (Lipinski definition) is 6. The number of halogens is 2. The number of carbonyl (C=O) groups excluding carboxylic acids is 1. The Morgan fingerprint density at radius 3 is 2.42 bits per heavy atom. The van der Waals surface area contributed by atoms with Gasteiger partial charge in [-0.05, 0) is 63.6 Å². The maximum atomic E-state index is 14.4. The van der Waals surface area contributed by atoms with E-state index in [0.717, 1.165) is 61.1 Å². The van der Waals surface area contributed by atoms with Crippen LogP contribution >= 0.6 is 0 Å². The average Bonchev–Trinajstić information content (AvgIpc) is 3.35. The molecule has 3 N–H and O–H groups in total. The number of aromatic nitrogens is 2. The van der Waals surface area contributed by atoms with Crippen molar-refractivity contribution < 1.29 is 13.6 Å². The quantitative estimate of drug-likeness (QED) is 0.381. The molecule has 0 spiro atoms.